The van der Waals surface area contributed by atoms with E-state index in [4.69, 9.17) is 31.0 Å². The van der Waals surface area contributed by atoms with Crippen molar-refractivity contribution in [2.24, 2.45) is 5.14 Å². The second-order valence-electron chi connectivity index (χ2n) is 8.49. The van der Waals surface area contributed by atoms with Crippen molar-refractivity contribution >= 4 is 32.9 Å². The first-order valence-corrected chi connectivity index (χ1v) is 14.1. The highest BCUT2D eigenvalue weighted by Gasteiger charge is 2.34. The van der Waals surface area contributed by atoms with Gasteiger partial charge in [0.05, 0.1) is 32.7 Å². The number of aromatic nitrogens is 6. The Morgan fingerprint density at radius 2 is 1.71 bits per heavy atom. The van der Waals surface area contributed by atoms with E-state index in [0.29, 0.717) is 35.4 Å². The number of para-hydroxylation sites is 1. The molecule has 0 spiro atoms. The third-order valence-corrected chi connectivity index (χ3v) is 7.34. The Labute approximate surface area is 239 Å². The lowest BCUT2D eigenvalue weighted by Crippen LogP contribution is -2.25. The van der Waals surface area contributed by atoms with Crippen LogP contribution in [0.5, 0.6) is 17.4 Å². The lowest BCUT2D eigenvalue weighted by atomic mass is 10.2. The van der Waals surface area contributed by atoms with E-state index in [9.17, 15) is 12.8 Å². The van der Waals surface area contributed by atoms with E-state index in [1.165, 1.54) is 20.3 Å². The van der Waals surface area contributed by atoms with Gasteiger partial charge in [-0.05, 0) is 37.3 Å². The van der Waals surface area contributed by atoms with Crippen LogP contribution in [0.3, 0.4) is 0 Å². The minimum atomic E-state index is -4.42. The summed E-state index contributed by atoms with van der Waals surface area (Å²) < 4.78 is 57.7. The molecule has 4 heterocycles. The molecule has 5 aromatic rings. The quantitative estimate of drug-likeness (QED) is 0.264. The summed E-state index contributed by atoms with van der Waals surface area (Å²) in [5, 5.41) is 3.64. The Morgan fingerprint density at radius 1 is 1.00 bits per heavy atom. The number of hydrogen-bond acceptors (Lipinski definition) is 10. The molecule has 2 N–H and O–H groups in total. The molecular formula is C26H23ClFN7O5S. The van der Waals surface area contributed by atoms with E-state index in [0.717, 1.165) is 12.3 Å². The Kier molecular flexibility index (Phi) is 7.71. The molecule has 212 valence electrons. The summed E-state index contributed by atoms with van der Waals surface area (Å²) in [6.07, 6.45) is 0.868. The molecule has 4 aromatic heterocycles. The second-order valence-corrected chi connectivity index (χ2v) is 10.5. The van der Waals surface area contributed by atoms with Gasteiger partial charge in [0.1, 0.15) is 34.4 Å². The van der Waals surface area contributed by atoms with Crippen LogP contribution < -0.4 is 19.3 Å². The molecule has 0 aliphatic rings. The molecule has 0 bridgehead atoms. The molecule has 15 heteroatoms. The molecule has 5 rings (SSSR count). The molecule has 0 fully saturated rings. The normalized spacial score (nSPS) is 12.3. The first-order chi connectivity index (χ1) is 19.7. The second kappa shape index (κ2) is 11.2. The number of imidazole rings is 1. The van der Waals surface area contributed by atoms with E-state index < -0.39 is 21.1 Å². The summed E-state index contributed by atoms with van der Waals surface area (Å²) in [6, 6.07) is 12.5. The van der Waals surface area contributed by atoms with Crippen molar-refractivity contribution in [1.29, 1.82) is 0 Å². The van der Waals surface area contributed by atoms with Crippen molar-refractivity contribution in [3.63, 3.8) is 0 Å². The lowest BCUT2D eigenvalue weighted by Gasteiger charge is -2.18. The summed E-state index contributed by atoms with van der Waals surface area (Å²) >= 11 is 6.49. The Bertz CT molecular complexity index is 1830. The minimum Gasteiger partial charge on any atom is -0.494 e. The van der Waals surface area contributed by atoms with Crippen LogP contribution in [-0.2, 0) is 10.0 Å². The average Bonchev–Trinajstić information content (AvgIpc) is 3.31. The van der Waals surface area contributed by atoms with Gasteiger partial charge in [-0.1, -0.05) is 23.7 Å². The summed E-state index contributed by atoms with van der Waals surface area (Å²) in [5.74, 6) is 0.707. The summed E-state index contributed by atoms with van der Waals surface area (Å²) in [4.78, 5) is 22.1. The average molecular weight is 600 g/mol. The standard InChI is InChI=1S/C26H23ClFN7O5S/c1-4-40-19-10-5-7-16(31-19)25-34-24-26(35(25)21-17(38-2)8-6-9-18(21)39-3)32-20(23(27)33-24)22(41(29,36)37)15-12-11-14(28)13-30-15/h5-13,22H,4H2,1-3H3,(H2,29,36,37). The van der Waals surface area contributed by atoms with Crippen molar-refractivity contribution in [2.75, 3.05) is 20.8 Å². The Balaban J connectivity index is 1.88. The molecule has 0 radical (unpaired) electrons. The lowest BCUT2D eigenvalue weighted by molar-refractivity contribution is 0.327. The number of rotatable bonds is 9. The van der Waals surface area contributed by atoms with Crippen molar-refractivity contribution < 1.29 is 27.0 Å². The van der Waals surface area contributed by atoms with Crippen molar-refractivity contribution in [3.8, 4) is 34.6 Å². The van der Waals surface area contributed by atoms with Crippen LogP contribution in [0.15, 0.2) is 54.7 Å². The predicted octanol–water partition coefficient (Wildman–Crippen LogP) is 3.86. The molecule has 0 aliphatic heterocycles. The van der Waals surface area contributed by atoms with Crippen molar-refractivity contribution in [3.05, 3.63) is 77.1 Å². The topological polar surface area (TPSA) is 157 Å². The molecule has 12 nitrogen and oxygen atoms in total. The predicted molar refractivity (Wildman–Crippen MR) is 148 cm³/mol. The van der Waals surface area contributed by atoms with Gasteiger partial charge >= 0.3 is 0 Å². The van der Waals surface area contributed by atoms with Gasteiger partial charge in [0.2, 0.25) is 15.9 Å². The van der Waals surface area contributed by atoms with Crippen LogP contribution in [0.2, 0.25) is 5.15 Å². The summed E-state index contributed by atoms with van der Waals surface area (Å²) in [6.45, 7) is 2.22. The minimum absolute atomic E-state index is 0.0607. The number of hydrogen-bond donors (Lipinski definition) is 1. The van der Waals surface area contributed by atoms with Gasteiger partial charge in [-0.25, -0.2) is 37.9 Å². The maximum Gasteiger partial charge on any atom is 0.223 e. The fourth-order valence-electron chi connectivity index (χ4n) is 4.26. The highest BCUT2D eigenvalue weighted by atomic mass is 35.5. The largest absolute Gasteiger partial charge is 0.494 e. The van der Waals surface area contributed by atoms with Crippen molar-refractivity contribution in [2.45, 2.75) is 12.2 Å². The molecule has 0 aliphatic carbocycles. The zero-order valence-corrected chi connectivity index (χ0v) is 23.5. The van der Waals surface area contributed by atoms with Crippen LogP contribution in [0.4, 0.5) is 4.39 Å². The van der Waals surface area contributed by atoms with Gasteiger partial charge < -0.3 is 14.2 Å². The molecular weight excluding hydrogens is 577 g/mol. The number of methoxy groups -OCH3 is 2. The number of nitrogens with two attached hydrogens (primary N) is 1. The zero-order chi connectivity index (χ0) is 29.3. The number of ether oxygens (including phenoxy) is 3. The number of halogens is 2. The number of pyridine rings is 2. The van der Waals surface area contributed by atoms with Gasteiger partial charge in [0.15, 0.2) is 27.5 Å². The molecule has 1 atom stereocenters. The zero-order valence-electron chi connectivity index (χ0n) is 21.9. The first-order valence-electron chi connectivity index (χ1n) is 12.1. The SMILES string of the molecule is CCOc1cccc(-c2nc3nc(Cl)c(C(c4ccc(F)cn4)S(N)(=O)=O)nc3n2-c2c(OC)cccc2OC)n1. The Hall–Kier alpha value is -4.40. The first kappa shape index (κ1) is 28.1. The van der Waals surface area contributed by atoms with Gasteiger partial charge in [0.25, 0.3) is 0 Å². The Morgan fingerprint density at radius 3 is 2.32 bits per heavy atom. The maximum atomic E-state index is 13.6. The van der Waals surface area contributed by atoms with Crippen LogP contribution in [-0.4, -0.2) is 58.7 Å². The maximum absolute atomic E-state index is 13.6. The molecule has 1 aromatic carbocycles. The number of primary sulfonamides is 1. The fraction of sp³-hybridized carbons (Fsp3) is 0.192. The molecule has 41 heavy (non-hydrogen) atoms. The highest BCUT2D eigenvalue weighted by Crippen LogP contribution is 2.39. The van der Waals surface area contributed by atoms with Crippen LogP contribution >= 0.6 is 11.6 Å². The van der Waals surface area contributed by atoms with E-state index in [-0.39, 0.29) is 33.7 Å². The van der Waals surface area contributed by atoms with Gasteiger partial charge in [-0.15, -0.1) is 0 Å². The van der Waals surface area contributed by atoms with Crippen LogP contribution in [0.25, 0.3) is 28.5 Å². The van der Waals surface area contributed by atoms with E-state index in [1.54, 1.807) is 41.0 Å². The molecule has 0 saturated carbocycles. The number of fused-ring (bicyclic) bond motifs is 1. The van der Waals surface area contributed by atoms with E-state index >= 15 is 0 Å². The number of benzene rings is 1. The fourth-order valence-corrected chi connectivity index (χ4v) is 5.51. The van der Waals surface area contributed by atoms with E-state index in [1.807, 2.05) is 6.92 Å². The van der Waals surface area contributed by atoms with Gasteiger partial charge in [-0.3, -0.25) is 9.55 Å². The molecule has 0 amide bonds. The van der Waals surface area contributed by atoms with Gasteiger partial charge in [-0.2, -0.15) is 0 Å². The third-order valence-electron chi connectivity index (χ3n) is 5.94. The molecule has 0 saturated heterocycles. The van der Waals surface area contributed by atoms with Crippen LogP contribution in [0, 0.1) is 5.82 Å². The third kappa shape index (κ3) is 5.36. The summed E-state index contributed by atoms with van der Waals surface area (Å²) in [7, 11) is -1.45. The van der Waals surface area contributed by atoms with E-state index in [2.05, 4.69) is 24.9 Å². The van der Waals surface area contributed by atoms with Crippen LogP contribution in [0.1, 0.15) is 23.6 Å². The number of nitrogens with zero attached hydrogens (tertiary/aromatic N) is 6. The molecule has 1 unspecified atom stereocenters. The van der Waals surface area contributed by atoms with Crippen molar-refractivity contribution in [1.82, 2.24) is 29.5 Å². The van der Waals surface area contributed by atoms with Gasteiger partial charge in [0, 0.05) is 6.07 Å². The number of sulfonamides is 1. The smallest absolute Gasteiger partial charge is 0.223 e. The highest BCUT2D eigenvalue weighted by molar-refractivity contribution is 7.89. The summed E-state index contributed by atoms with van der Waals surface area (Å²) in [5.41, 5.74) is 0.569. The monoisotopic (exact) mass is 599 g/mol.